The summed E-state index contributed by atoms with van der Waals surface area (Å²) in [6.45, 7) is 2.94. The fourth-order valence-electron chi connectivity index (χ4n) is 3.34. The molecule has 34 heavy (non-hydrogen) atoms. The average molecular weight is 500 g/mol. The van der Waals surface area contributed by atoms with Crippen LogP contribution in [0, 0.1) is 0 Å². The molecule has 2 aromatic rings. The number of hydrogen-bond acceptors (Lipinski definition) is 4. The van der Waals surface area contributed by atoms with Crippen LogP contribution in [-0.2, 0) is 32.2 Å². The number of benzene rings is 2. The summed E-state index contributed by atoms with van der Waals surface area (Å²) in [6, 6.07) is 12.0. The van der Waals surface area contributed by atoms with Crippen molar-refractivity contribution < 1.29 is 31.2 Å². The van der Waals surface area contributed by atoms with Crippen LogP contribution >= 0.6 is 0 Å². The van der Waals surface area contributed by atoms with E-state index in [1.807, 2.05) is 30.3 Å². The topological polar surface area (TPSA) is 86.8 Å². The molecule has 0 bridgehead atoms. The van der Waals surface area contributed by atoms with E-state index >= 15 is 0 Å². The zero-order chi connectivity index (χ0) is 25.5. The third-order valence-electron chi connectivity index (χ3n) is 5.14. The zero-order valence-electron chi connectivity index (χ0n) is 19.2. The molecule has 2 aromatic carbocycles. The van der Waals surface area contributed by atoms with Crippen molar-refractivity contribution in [3.63, 3.8) is 0 Å². The molecule has 7 nitrogen and oxygen atoms in total. The van der Waals surface area contributed by atoms with Crippen LogP contribution in [0.25, 0.3) is 0 Å². The van der Waals surface area contributed by atoms with Crippen LogP contribution in [0.4, 0.5) is 18.9 Å². The summed E-state index contributed by atoms with van der Waals surface area (Å²) in [4.78, 5) is 26.9. The molecule has 0 fully saturated rings. The van der Waals surface area contributed by atoms with E-state index in [4.69, 9.17) is 0 Å². The molecule has 0 aliphatic rings. The van der Waals surface area contributed by atoms with Crippen molar-refractivity contribution in [2.45, 2.75) is 32.5 Å². The zero-order valence-corrected chi connectivity index (χ0v) is 20.0. The molecule has 0 aliphatic carbocycles. The Hall–Kier alpha value is -3.08. The van der Waals surface area contributed by atoms with Gasteiger partial charge in [-0.05, 0) is 44.0 Å². The van der Waals surface area contributed by atoms with E-state index in [2.05, 4.69) is 5.32 Å². The number of sulfonamides is 1. The third kappa shape index (κ3) is 7.47. The number of anilines is 1. The smallest absolute Gasteiger partial charge is 0.355 e. The number of nitrogens with one attached hydrogen (secondary N) is 1. The summed E-state index contributed by atoms with van der Waals surface area (Å²) in [5.41, 5.74) is -0.427. The Morgan fingerprint density at radius 2 is 1.71 bits per heavy atom. The number of carbonyl (C=O) groups excluding carboxylic acids is 2. The van der Waals surface area contributed by atoms with E-state index in [-0.39, 0.29) is 12.2 Å². The van der Waals surface area contributed by atoms with E-state index < -0.39 is 46.2 Å². The van der Waals surface area contributed by atoms with Crippen molar-refractivity contribution in [3.8, 4) is 0 Å². The van der Waals surface area contributed by atoms with E-state index in [0.717, 1.165) is 24.0 Å². The lowest BCUT2D eigenvalue weighted by atomic mass is 10.1. The monoisotopic (exact) mass is 499 g/mol. The molecule has 2 amide bonds. The third-order valence-corrected chi connectivity index (χ3v) is 6.28. The van der Waals surface area contributed by atoms with Gasteiger partial charge in [0.2, 0.25) is 21.8 Å². The van der Waals surface area contributed by atoms with Gasteiger partial charge in [-0.15, -0.1) is 0 Å². The van der Waals surface area contributed by atoms with Crippen molar-refractivity contribution in [2.75, 3.05) is 30.2 Å². The van der Waals surface area contributed by atoms with Crippen LogP contribution in [0.5, 0.6) is 0 Å². The van der Waals surface area contributed by atoms with Gasteiger partial charge in [-0.2, -0.15) is 13.2 Å². The molecule has 0 aliphatic heterocycles. The fourth-order valence-corrected chi connectivity index (χ4v) is 4.18. The van der Waals surface area contributed by atoms with Crippen molar-refractivity contribution in [1.29, 1.82) is 0 Å². The molecule has 0 unspecified atom stereocenters. The quantitative estimate of drug-likeness (QED) is 0.545. The standard InChI is InChI=1S/C23H28F3N3O4S/c1-4-27-22(31)17(2)28(14-13-18-9-6-5-7-10-18)21(30)16-29(34(3,32)33)20-12-8-11-19(15-20)23(24,25)26/h5-12,15,17H,4,13-14,16H2,1-3H3,(H,27,31)/t17-/m1/s1. The van der Waals surface area contributed by atoms with Crippen LogP contribution in [0.15, 0.2) is 54.6 Å². The minimum Gasteiger partial charge on any atom is -0.355 e. The normalized spacial score (nSPS) is 12.6. The summed E-state index contributed by atoms with van der Waals surface area (Å²) in [5, 5.41) is 2.63. The van der Waals surface area contributed by atoms with Gasteiger partial charge in [0.1, 0.15) is 12.6 Å². The second kappa shape index (κ2) is 11.4. The van der Waals surface area contributed by atoms with Crippen LogP contribution in [0.2, 0.25) is 0 Å². The second-order valence-corrected chi connectivity index (χ2v) is 9.62. The van der Waals surface area contributed by atoms with Crippen molar-refractivity contribution in [2.24, 2.45) is 0 Å². The molecule has 1 N–H and O–H groups in total. The second-order valence-electron chi connectivity index (χ2n) is 7.71. The molecule has 1 atom stereocenters. The first-order valence-electron chi connectivity index (χ1n) is 10.6. The summed E-state index contributed by atoms with van der Waals surface area (Å²) in [7, 11) is -4.11. The summed E-state index contributed by atoms with van der Waals surface area (Å²) in [6.07, 6.45) is -3.47. The lowest BCUT2D eigenvalue weighted by Crippen LogP contribution is -2.52. The fraction of sp³-hybridized carbons (Fsp3) is 0.391. The van der Waals surface area contributed by atoms with Gasteiger partial charge in [0.05, 0.1) is 17.5 Å². The molecular weight excluding hydrogens is 471 g/mol. The molecule has 186 valence electrons. The van der Waals surface area contributed by atoms with Crippen molar-refractivity contribution >= 4 is 27.5 Å². The highest BCUT2D eigenvalue weighted by molar-refractivity contribution is 7.92. The van der Waals surface area contributed by atoms with Gasteiger partial charge >= 0.3 is 6.18 Å². The largest absolute Gasteiger partial charge is 0.416 e. The molecule has 0 spiro atoms. The number of alkyl halides is 3. The van der Waals surface area contributed by atoms with Crippen LogP contribution in [0.1, 0.15) is 25.0 Å². The van der Waals surface area contributed by atoms with Gasteiger partial charge in [-0.1, -0.05) is 36.4 Å². The molecular formula is C23H28F3N3O4S. The Labute approximate surface area is 197 Å². The first-order chi connectivity index (χ1) is 15.8. The maximum Gasteiger partial charge on any atom is 0.416 e. The predicted molar refractivity (Wildman–Crippen MR) is 124 cm³/mol. The van der Waals surface area contributed by atoms with Crippen LogP contribution in [-0.4, -0.2) is 57.1 Å². The highest BCUT2D eigenvalue weighted by Gasteiger charge is 2.33. The van der Waals surface area contributed by atoms with Gasteiger partial charge < -0.3 is 10.2 Å². The highest BCUT2D eigenvalue weighted by Crippen LogP contribution is 2.32. The lowest BCUT2D eigenvalue weighted by molar-refractivity contribution is -0.138. The summed E-state index contributed by atoms with van der Waals surface area (Å²) < 4.78 is 65.0. The first kappa shape index (κ1) is 27.2. The molecule has 0 saturated heterocycles. The van der Waals surface area contributed by atoms with Gasteiger partial charge in [0, 0.05) is 13.1 Å². The van der Waals surface area contributed by atoms with Gasteiger partial charge in [0.15, 0.2) is 0 Å². The van der Waals surface area contributed by atoms with E-state index in [9.17, 15) is 31.2 Å². The Morgan fingerprint density at radius 3 is 2.26 bits per heavy atom. The van der Waals surface area contributed by atoms with E-state index in [1.54, 1.807) is 6.92 Å². The van der Waals surface area contributed by atoms with E-state index in [0.29, 0.717) is 23.3 Å². The maximum absolute atomic E-state index is 13.2. The predicted octanol–water partition coefficient (Wildman–Crippen LogP) is 3.07. The molecule has 0 saturated carbocycles. The van der Waals surface area contributed by atoms with Gasteiger partial charge in [0.25, 0.3) is 0 Å². The first-order valence-corrected chi connectivity index (χ1v) is 12.5. The van der Waals surface area contributed by atoms with Crippen molar-refractivity contribution in [3.05, 3.63) is 65.7 Å². The Morgan fingerprint density at radius 1 is 1.06 bits per heavy atom. The summed E-state index contributed by atoms with van der Waals surface area (Å²) >= 11 is 0. The number of amides is 2. The molecule has 0 heterocycles. The number of nitrogens with zero attached hydrogens (tertiary/aromatic N) is 2. The Bertz CT molecular complexity index is 1090. The molecule has 2 rings (SSSR count). The van der Waals surface area contributed by atoms with Crippen molar-refractivity contribution in [1.82, 2.24) is 10.2 Å². The molecule has 0 aromatic heterocycles. The highest BCUT2D eigenvalue weighted by atomic mass is 32.2. The minimum absolute atomic E-state index is 0.112. The Balaban J connectivity index is 2.36. The van der Waals surface area contributed by atoms with Crippen LogP contribution < -0.4 is 9.62 Å². The van der Waals surface area contributed by atoms with Gasteiger partial charge in [-0.3, -0.25) is 13.9 Å². The lowest BCUT2D eigenvalue weighted by Gasteiger charge is -2.31. The molecule has 0 radical (unpaired) electrons. The SMILES string of the molecule is CCNC(=O)[C@@H](C)N(CCc1ccccc1)C(=O)CN(c1cccc(C(F)(F)F)c1)S(C)(=O)=O. The number of likely N-dealkylation sites (N-methyl/N-ethyl adjacent to an activating group) is 1. The minimum atomic E-state index is -4.68. The maximum atomic E-state index is 13.2. The number of hydrogen-bond donors (Lipinski definition) is 1. The number of rotatable bonds is 10. The number of carbonyl (C=O) groups is 2. The summed E-state index contributed by atoms with van der Waals surface area (Å²) in [5.74, 6) is -1.13. The van der Waals surface area contributed by atoms with Crippen LogP contribution in [0.3, 0.4) is 0 Å². The average Bonchev–Trinajstić information content (AvgIpc) is 2.77. The number of halogens is 3. The van der Waals surface area contributed by atoms with Gasteiger partial charge in [-0.25, -0.2) is 8.42 Å². The Kier molecular flexibility index (Phi) is 9.08. The molecule has 11 heteroatoms. The van der Waals surface area contributed by atoms with E-state index in [1.165, 1.54) is 17.9 Å².